The summed E-state index contributed by atoms with van der Waals surface area (Å²) < 4.78 is 0. The molecule has 2 unspecified atom stereocenters. The molecule has 0 aromatic carbocycles. The Morgan fingerprint density at radius 3 is 2.68 bits per heavy atom. The molecule has 0 aliphatic carbocycles. The molecular formula is C14H29N3O2. The lowest BCUT2D eigenvalue weighted by Crippen LogP contribution is -2.57. The molecule has 1 rings (SSSR count). The highest BCUT2D eigenvalue weighted by Gasteiger charge is 2.40. The lowest BCUT2D eigenvalue weighted by Gasteiger charge is -2.31. The Balaban J connectivity index is 2.53. The van der Waals surface area contributed by atoms with Gasteiger partial charge in [0.25, 0.3) is 0 Å². The van der Waals surface area contributed by atoms with E-state index in [1.165, 1.54) is 0 Å². The van der Waals surface area contributed by atoms with Crippen LogP contribution in [0.3, 0.4) is 0 Å². The molecule has 0 saturated carbocycles. The SMILES string of the molecule is CCCC1(C(=O)NCC(C)(O)CN(C)C)CCCN1. The molecule has 3 N–H and O–H groups in total. The van der Waals surface area contributed by atoms with Crippen molar-refractivity contribution in [2.75, 3.05) is 33.7 Å². The largest absolute Gasteiger partial charge is 0.387 e. The average molecular weight is 271 g/mol. The van der Waals surface area contributed by atoms with Gasteiger partial charge in [0, 0.05) is 13.1 Å². The number of rotatable bonds is 7. The number of carbonyl (C=O) groups excluding carboxylic acids is 1. The van der Waals surface area contributed by atoms with Crippen LogP contribution in [-0.2, 0) is 4.79 Å². The van der Waals surface area contributed by atoms with E-state index in [0.717, 1.165) is 32.2 Å². The zero-order valence-electron chi connectivity index (χ0n) is 12.8. The Morgan fingerprint density at radius 2 is 2.21 bits per heavy atom. The molecule has 1 saturated heterocycles. The molecule has 0 spiro atoms. The average Bonchev–Trinajstić information content (AvgIpc) is 2.74. The van der Waals surface area contributed by atoms with E-state index in [4.69, 9.17) is 0 Å². The molecule has 112 valence electrons. The van der Waals surface area contributed by atoms with Crippen molar-refractivity contribution in [2.45, 2.75) is 50.7 Å². The second-order valence-electron chi connectivity index (χ2n) is 6.28. The van der Waals surface area contributed by atoms with Crippen LogP contribution < -0.4 is 10.6 Å². The molecule has 1 aliphatic heterocycles. The topological polar surface area (TPSA) is 64.6 Å². The Bertz CT molecular complexity index is 297. The quantitative estimate of drug-likeness (QED) is 0.625. The molecule has 1 fully saturated rings. The fraction of sp³-hybridized carbons (Fsp3) is 0.929. The number of amides is 1. The minimum Gasteiger partial charge on any atom is -0.387 e. The third-order valence-electron chi connectivity index (χ3n) is 3.64. The molecule has 19 heavy (non-hydrogen) atoms. The van der Waals surface area contributed by atoms with E-state index in [1.54, 1.807) is 6.92 Å². The lowest BCUT2D eigenvalue weighted by atomic mass is 9.90. The van der Waals surface area contributed by atoms with Crippen LogP contribution in [-0.4, -0.2) is 60.8 Å². The van der Waals surface area contributed by atoms with Gasteiger partial charge in [0.2, 0.25) is 5.91 Å². The fourth-order valence-electron chi connectivity index (χ4n) is 2.93. The number of nitrogens with zero attached hydrogens (tertiary/aromatic N) is 1. The number of hydrogen-bond donors (Lipinski definition) is 3. The van der Waals surface area contributed by atoms with E-state index in [9.17, 15) is 9.90 Å². The van der Waals surface area contributed by atoms with Crippen LogP contribution in [0.4, 0.5) is 0 Å². The maximum atomic E-state index is 12.4. The molecule has 0 aromatic rings. The first-order valence-electron chi connectivity index (χ1n) is 7.22. The second-order valence-corrected chi connectivity index (χ2v) is 6.28. The van der Waals surface area contributed by atoms with E-state index < -0.39 is 11.1 Å². The highest BCUT2D eigenvalue weighted by atomic mass is 16.3. The van der Waals surface area contributed by atoms with E-state index in [1.807, 2.05) is 19.0 Å². The number of carbonyl (C=O) groups is 1. The first-order valence-corrected chi connectivity index (χ1v) is 7.22. The van der Waals surface area contributed by atoms with Crippen LogP contribution in [0.1, 0.15) is 39.5 Å². The Labute approximate surface area is 116 Å². The molecule has 1 amide bonds. The normalized spacial score (nSPS) is 26.4. The van der Waals surface area contributed by atoms with Gasteiger partial charge in [-0.1, -0.05) is 13.3 Å². The Morgan fingerprint density at radius 1 is 1.53 bits per heavy atom. The summed E-state index contributed by atoms with van der Waals surface area (Å²) in [6, 6.07) is 0. The van der Waals surface area contributed by atoms with E-state index in [0.29, 0.717) is 6.54 Å². The number of likely N-dealkylation sites (N-methyl/N-ethyl adjacent to an activating group) is 1. The van der Waals surface area contributed by atoms with Crippen molar-refractivity contribution in [2.24, 2.45) is 0 Å². The third-order valence-corrected chi connectivity index (χ3v) is 3.64. The maximum absolute atomic E-state index is 12.4. The van der Waals surface area contributed by atoms with Gasteiger partial charge in [-0.2, -0.15) is 0 Å². The van der Waals surface area contributed by atoms with E-state index in [-0.39, 0.29) is 12.5 Å². The minimum atomic E-state index is -0.898. The number of nitrogens with one attached hydrogen (secondary N) is 2. The molecule has 1 aliphatic rings. The molecule has 0 aromatic heterocycles. The van der Waals surface area contributed by atoms with Crippen LogP contribution in [0, 0.1) is 0 Å². The van der Waals surface area contributed by atoms with Gasteiger partial charge in [0.05, 0.1) is 11.1 Å². The van der Waals surface area contributed by atoms with Gasteiger partial charge in [-0.25, -0.2) is 0 Å². The minimum absolute atomic E-state index is 0.0332. The van der Waals surface area contributed by atoms with Gasteiger partial charge in [0.15, 0.2) is 0 Å². The molecule has 1 heterocycles. The zero-order chi connectivity index (χ0) is 14.5. The van der Waals surface area contributed by atoms with Crippen LogP contribution in [0.15, 0.2) is 0 Å². The maximum Gasteiger partial charge on any atom is 0.240 e. The van der Waals surface area contributed by atoms with E-state index >= 15 is 0 Å². The third kappa shape index (κ3) is 4.75. The van der Waals surface area contributed by atoms with Crippen molar-refractivity contribution >= 4 is 5.91 Å². The first-order chi connectivity index (χ1) is 8.81. The van der Waals surface area contributed by atoms with Crippen LogP contribution in [0.2, 0.25) is 0 Å². The zero-order valence-corrected chi connectivity index (χ0v) is 12.8. The summed E-state index contributed by atoms with van der Waals surface area (Å²) in [6.07, 6.45) is 3.77. The van der Waals surface area contributed by atoms with Crippen LogP contribution >= 0.6 is 0 Å². The summed E-state index contributed by atoms with van der Waals surface area (Å²) in [7, 11) is 3.82. The summed E-state index contributed by atoms with van der Waals surface area (Å²) in [5, 5.41) is 16.5. The van der Waals surface area contributed by atoms with Crippen molar-refractivity contribution in [1.82, 2.24) is 15.5 Å². The fourth-order valence-corrected chi connectivity index (χ4v) is 2.93. The lowest BCUT2D eigenvalue weighted by molar-refractivity contribution is -0.128. The molecule has 0 bridgehead atoms. The monoisotopic (exact) mass is 271 g/mol. The summed E-state index contributed by atoms with van der Waals surface area (Å²) in [4.78, 5) is 14.3. The standard InChI is InChI=1S/C14H29N3O2/c1-5-7-14(8-6-9-16-14)12(18)15-10-13(2,19)11-17(3)4/h16,19H,5-11H2,1-4H3,(H,15,18). The first kappa shape index (κ1) is 16.4. The van der Waals surface area contributed by atoms with Gasteiger partial charge in [-0.15, -0.1) is 0 Å². The highest BCUT2D eigenvalue weighted by Crippen LogP contribution is 2.25. The van der Waals surface area contributed by atoms with Gasteiger partial charge in [0.1, 0.15) is 0 Å². The van der Waals surface area contributed by atoms with Crippen molar-refractivity contribution in [3.63, 3.8) is 0 Å². The number of aliphatic hydroxyl groups is 1. The summed E-state index contributed by atoms with van der Waals surface area (Å²) in [5.41, 5.74) is -1.31. The molecule has 5 heteroatoms. The van der Waals surface area contributed by atoms with Gasteiger partial charge in [-0.05, 0) is 46.8 Å². The van der Waals surface area contributed by atoms with Gasteiger partial charge < -0.3 is 20.6 Å². The Kier molecular flexibility index (Phi) is 5.77. The van der Waals surface area contributed by atoms with Crippen molar-refractivity contribution < 1.29 is 9.90 Å². The second kappa shape index (κ2) is 6.68. The molecule has 0 radical (unpaired) electrons. The predicted octanol–water partition coefficient (Wildman–Crippen LogP) is 0.338. The predicted molar refractivity (Wildman–Crippen MR) is 77.1 cm³/mol. The summed E-state index contributed by atoms with van der Waals surface area (Å²) in [6.45, 7) is 5.57. The van der Waals surface area contributed by atoms with Gasteiger partial charge >= 0.3 is 0 Å². The summed E-state index contributed by atoms with van der Waals surface area (Å²) >= 11 is 0. The number of hydrogen-bond acceptors (Lipinski definition) is 4. The van der Waals surface area contributed by atoms with Crippen molar-refractivity contribution in [3.05, 3.63) is 0 Å². The van der Waals surface area contributed by atoms with Crippen molar-refractivity contribution in [3.8, 4) is 0 Å². The summed E-state index contributed by atoms with van der Waals surface area (Å²) in [5.74, 6) is 0.0332. The van der Waals surface area contributed by atoms with Crippen molar-refractivity contribution in [1.29, 1.82) is 0 Å². The Hall–Kier alpha value is -0.650. The highest BCUT2D eigenvalue weighted by molar-refractivity contribution is 5.86. The van der Waals surface area contributed by atoms with Crippen LogP contribution in [0.5, 0.6) is 0 Å². The van der Waals surface area contributed by atoms with E-state index in [2.05, 4.69) is 17.6 Å². The van der Waals surface area contributed by atoms with Gasteiger partial charge in [-0.3, -0.25) is 4.79 Å². The molecule has 2 atom stereocenters. The molecule has 5 nitrogen and oxygen atoms in total. The van der Waals surface area contributed by atoms with Crippen LogP contribution in [0.25, 0.3) is 0 Å². The smallest absolute Gasteiger partial charge is 0.240 e. The molecular weight excluding hydrogens is 242 g/mol.